The Morgan fingerprint density at radius 2 is 1.35 bits per heavy atom. The van der Waals surface area contributed by atoms with Crippen molar-refractivity contribution in [3.05, 3.63) is 83.9 Å². The molecule has 0 bridgehead atoms. The average molecular weight is 409 g/mol. The van der Waals surface area contributed by atoms with E-state index in [2.05, 4.69) is 56.3 Å². The van der Waals surface area contributed by atoms with Gasteiger partial charge in [-0.3, -0.25) is 0 Å². The van der Waals surface area contributed by atoms with Gasteiger partial charge < -0.3 is 4.74 Å². The molecule has 0 aromatic heterocycles. The number of para-hydroxylation sites is 1. The molecule has 0 aliphatic heterocycles. The second kappa shape index (κ2) is 7.26. The Morgan fingerprint density at radius 3 is 2.06 bits per heavy atom. The summed E-state index contributed by atoms with van der Waals surface area (Å²) in [5, 5.41) is 0. The van der Waals surface area contributed by atoms with Gasteiger partial charge in [-0.25, -0.2) is 0 Å². The summed E-state index contributed by atoms with van der Waals surface area (Å²) in [6.45, 7) is 4.82. The number of hydrogen-bond donors (Lipinski definition) is 0. The number of hydrogen-bond acceptors (Lipinski definition) is 1. The van der Waals surface area contributed by atoms with Crippen LogP contribution in [0.1, 0.15) is 57.1 Å². The molecule has 2 fully saturated rings. The molecule has 0 radical (unpaired) electrons. The smallest absolute Gasteiger partial charge is 0.127 e. The Balaban J connectivity index is 1.46. The molecule has 6 rings (SSSR count). The molecule has 3 aliphatic carbocycles. The molecule has 4 atom stereocenters. The molecule has 2 saturated carbocycles. The lowest BCUT2D eigenvalue weighted by Gasteiger charge is -2.30. The van der Waals surface area contributed by atoms with E-state index in [0.717, 1.165) is 35.2 Å². The van der Waals surface area contributed by atoms with Crippen molar-refractivity contribution in [3.8, 4) is 22.6 Å². The lowest BCUT2D eigenvalue weighted by Crippen LogP contribution is -2.24. The molecule has 4 unspecified atom stereocenters. The Hall–Kier alpha value is -2.54. The summed E-state index contributed by atoms with van der Waals surface area (Å²) in [4.78, 5) is 0. The van der Waals surface area contributed by atoms with Crippen LogP contribution in [-0.4, -0.2) is 0 Å². The van der Waals surface area contributed by atoms with Gasteiger partial charge >= 0.3 is 0 Å². The molecule has 158 valence electrons. The Bertz CT molecular complexity index is 1080. The van der Waals surface area contributed by atoms with Gasteiger partial charge in [0.25, 0.3) is 0 Å². The van der Waals surface area contributed by atoms with Gasteiger partial charge in [-0.05, 0) is 89.5 Å². The van der Waals surface area contributed by atoms with Gasteiger partial charge in [-0.2, -0.15) is 0 Å². The number of fused-ring (bicyclic) bond motifs is 6. The lowest BCUT2D eigenvalue weighted by atomic mass is 9.73. The van der Waals surface area contributed by atoms with Crippen LogP contribution in [-0.2, 0) is 5.41 Å². The van der Waals surface area contributed by atoms with Crippen LogP contribution in [0.15, 0.2) is 72.8 Å². The van der Waals surface area contributed by atoms with Crippen molar-refractivity contribution in [1.82, 2.24) is 0 Å². The lowest BCUT2D eigenvalue weighted by molar-refractivity contribution is 0.323. The highest BCUT2D eigenvalue weighted by atomic mass is 16.5. The van der Waals surface area contributed by atoms with E-state index in [1.54, 1.807) is 5.56 Å². The first-order chi connectivity index (χ1) is 15.2. The first-order valence-electron chi connectivity index (χ1n) is 12.2. The third-order valence-corrected chi connectivity index (χ3v) is 8.80. The molecule has 0 N–H and O–H groups in total. The van der Waals surface area contributed by atoms with Gasteiger partial charge in [-0.1, -0.05) is 75.2 Å². The van der Waals surface area contributed by atoms with E-state index in [1.807, 2.05) is 30.3 Å². The fourth-order valence-corrected chi connectivity index (χ4v) is 7.46. The zero-order chi connectivity index (χ0) is 21.0. The number of benzene rings is 3. The SMILES string of the molecule is CCC1CC(CC)C2CC3(CC12)c1ccccc1-c1ccc(Oc2ccccc2)cc13. The van der Waals surface area contributed by atoms with E-state index in [-0.39, 0.29) is 5.41 Å². The maximum atomic E-state index is 6.28. The Labute approximate surface area is 186 Å². The molecule has 3 aromatic rings. The molecule has 3 aromatic carbocycles. The maximum absolute atomic E-state index is 6.28. The summed E-state index contributed by atoms with van der Waals surface area (Å²) < 4.78 is 6.28. The van der Waals surface area contributed by atoms with E-state index in [1.165, 1.54) is 48.8 Å². The fraction of sp³-hybridized carbons (Fsp3) is 0.400. The Kier molecular flexibility index (Phi) is 4.49. The number of ether oxygens (including phenoxy) is 1. The molecule has 31 heavy (non-hydrogen) atoms. The van der Waals surface area contributed by atoms with Crippen LogP contribution in [0.2, 0.25) is 0 Å². The van der Waals surface area contributed by atoms with Crippen LogP contribution in [0.4, 0.5) is 0 Å². The molecule has 3 aliphatic rings. The van der Waals surface area contributed by atoms with Crippen molar-refractivity contribution in [2.24, 2.45) is 23.7 Å². The van der Waals surface area contributed by atoms with E-state index < -0.39 is 0 Å². The molecule has 0 amide bonds. The summed E-state index contributed by atoms with van der Waals surface area (Å²) in [7, 11) is 0. The van der Waals surface area contributed by atoms with Gasteiger partial charge in [0.2, 0.25) is 0 Å². The predicted molar refractivity (Wildman–Crippen MR) is 128 cm³/mol. The summed E-state index contributed by atoms with van der Waals surface area (Å²) >= 11 is 0. The minimum Gasteiger partial charge on any atom is -0.457 e. The van der Waals surface area contributed by atoms with Crippen LogP contribution in [0.5, 0.6) is 11.5 Å². The zero-order valence-corrected chi connectivity index (χ0v) is 18.7. The molecule has 1 nitrogen and oxygen atoms in total. The van der Waals surface area contributed by atoms with Crippen molar-refractivity contribution in [3.63, 3.8) is 0 Å². The van der Waals surface area contributed by atoms with Crippen molar-refractivity contribution < 1.29 is 4.74 Å². The second-order valence-corrected chi connectivity index (χ2v) is 10.1. The first-order valence-corrected chi connectivity index (χ1v) is 12.2. The first kappa shape index (κ1) is 19.2. The zero-order valence-electron chi connectivity index (χ0n) is 18.7. The normalized spacial score (nSPS) is 30.3. The van der Waals surface area contributed by atoms with Gasteiger partial charge in [0.05, 0.1) is 0 Å². The molecule has 1 spiro atoms. The van der Waals surface area contributed by atoms with E-state index in [4.69, 9.17) is 4.74 Å². The molecule has 1 heteroatoms. The summed E-state index contributed by atoms with van der Waals surface area (Å²) in [5.41, 5.74) is 6.13. The number of rotatable bonds is 4. The molecular weight excluding hydrogens is 376 g/mol. The third-order valence-electron chi connectivity index (χ3n) is 8.80. The van der Waals surface area contributed by atoms with Gasteiger partial charge in [0.15, 0.2) is 0 Å². The average Bonchev–Trinajstić information content (AvgIpc) is 3.44. The van der Waals surface area contributed by atoms with Crippen LogP contribution < -0.4 is 4.74 Å². The highest BCUT2D eigenvalue weighted by Gasteiger charge is 2.57. The minimum absolute atomic E-state index is 0.165. The molecular formula is C30H32O. The highest BCUT2D eigenvalue weighted by molar-refractivity contribution is 5.82. The van der Waals surface area contributed by atoms with Gasteiger partial charge in [-0.15, -0.1) is 0 Å². The summed E-state index contributed by atoms with van der Waals surface area (Å²) in [6, 6.07) is 26.2. The summed E-state index contributed by atoms with van der Waals surface area (Å²) in [6.07, 6.45) is 6.74. The predicted octanol–water partition coefficient (Wildman–Crippen LogP) is 8.23. The summed E-state index contributed by atoms with van der Waals surface area (Å²) in [5.74, 6) is 5.41. The van der Waals surface area contributed by atoms with Crippen molar-refractivity contribution in [1.29, 1.82) is 0 Å². The standard InChI is InChI=1S/C30H32O/c1-3-20-16-21(4-2)27-19-30(18-26(20)27)28-13-9-8-12-24(28)25-15-14-23(17-29(25)30)31-22-10-6-5-7-11-22/h5-15,17,20-21,26-27H,3-4,16,18-19H2,1-2H3. The van der Waals surface area contributed by atoms with Crippen LogP contribution in [0.3, 0.4) is 0 Å². The maximum Gasteiger partial charge on any atom is 0.127 e. The topological polar surface area (TPSA) is 9.23 Å². The van der Waals surface area contributed by atoms with Crippen molar-refractivity contribution in [2.45, 2.75) is 51.4 Å². The van der Waals surface area contributed by atoms with Crippen LogP contribution >= 0.6 is 0 Å². The third kappa shape index (κ3) is 2.82. The van der Waals surface area contributed by atoms with Gasteiger partial charge in [0.1, 0.15) is 11.5 Å². The van der Waals surface area contributed by atoms with E-state index in [9.17, 15) is 0 Å². The van der Waals surface area contributed by atoms with E-state index >= 15 is 0 Å². The van der Waals surface area contributed by atoms with Crippen molar-refractivity contribution >= 4 is 0 Å². The monoisotopic (exact) mass is 408 g/mol. The molecule has 0 saturated heterocycles. The fourth-order valence-electron chi connectivity index (χ4n) is 7.46. The highest BCUT2D eigenvalue weighted by Crippen LogP contribution is 2.66. The van der Waals surface area contributed by atoms with Gasteiger partial charge in [0, 0.05) is 5.41 Å². The quantitative estimate of drug-likeness (QED) is 0.422. The van der Waals surface area contributed by atoms with Crippen LogP contribution in [0, 0.1) is 23.7 Å². The minimum atomic E-state index is 0.165. The second-order valence-electron chi connectivity index (χ2n) is 10.1. The van der Waals surface area contributed by atoms with E-state index in [0.29, 0.717) is 0 Å². The largest absolute Gasteiger partial charge is 0.457 e. The molecule has 0 heterocycles. The van der Waals surface area contributed by atoms with Crippen LogP contribution in [0.25, 0.3) is 11.1 Å². The van der Waals surface area contributed by atoms with Crippen molar-refractivity contribution in [2.75, 3.05) is 0 Å². The Morgan fingerprint density at radius 1 is 0.710 bits per heavy atom.